The van der Waals surface area contributed by atoms with E-state index in [1.807, 2.05) is 30.3 Å². The summed E-state index contributed by atoms with van der Waals surface area (Å²) in [5, 5.41) is 0. The van der Waals surface area contributed by atoms with Crippen molar-refractivity contribution in [2.75, 3.05) is 7.11 Å². The van der Waals surface area contributed by atoms with Crippen molar-refractivity contribution in [3.05, 3.63) is 65.7 Å². The van der Waals surface area contributed by atoms with Gasteiger partial charge in [-0.3, -0.25) is 4.98 Å². The van der Waals surface area contributed by atoms with Gasteiger partial charge in [-0.15, -0.1) is 0 Å². The van der Waals surface area contributed by atoms with E-state index in [9.17, 15) is 0 Å². The van der Waals surface area contributed by atoms with Gasteiger partial charge in [0.05, 0.1) is 12.8 Å². The number of hydrogen-bond acceptors (Lipinski definition) is 4. The topological polar surface area (TPSA) is 48.2 Å². The van der Waals surface area contributed by atoms with Crippen molar-refractivity contribution in [1.29, 1.82) is 0 Å². The van der Waals surface area contributed by atoms with E-state index in [-0.39, 0.29) is 0 Å². The zero-order valence-corrected chi connectivity index (χ0v) is 13.0. The molecule has 1 aliphatic rings. The molecule has 1 aliphatic carbocycles. The van der Waals surface area contributed by atoms with Gasteiger partial charge in [0.25, 0.3) is 0 Å². The van der Waals surface area contributed by atoms with Gasteiger partial charge in [-0.25, -0.2) is 4.98 Å². The van der Waals surface area contributed by atoms with E-state index in [1.165, 1.54) is 5.56 Å². The fourth-order valence-corrected chi connectivity index (χ4v) is 3.16. The maximum Gasteiger partial charge on any atom is 0.245 e. The Kier molecular flexibility index (Phi) is 3.58. The maximum atomic E-state index is 5.92. The summed E-state index contributed by atoms with van der Waals surface area (Å²) in [6, 6.07) is 14.1. The normalized spacial score (nSPS) is 16.8. The van der Waals surface area contributed by atoms with Crippen molar-refractivity contribution < 1.29 is 9.15 Å². The Morgan fingerprint density at radius 3 is 2.96 bits per heavy atom. The Morgan fingerprint density at radius 2 is 2.13 bits per heavy atom. The van der Waals surface area contributed by atoms with Gasteiger partial charge in [0, 0.05) is 19.0 Å². The lowest BCUT2D eigenvalue weighted by Gasteiger charge is -2.21. The number of pyridine rings is 1. The summed E-state index contributed by atoms with van der Waals surface area (Å²) in [7, 11) is 1.70. The second-order valence-corrected chi connectivity index (χ2v) is 5.82. The van der Waals surface area contributed by atoms with Crippen LogP contribution in [0.3, 0.4) is 0 Å². The monoisotopic (exact) mass is 306 g/mol. The molecule has 0 aliphatic heterocycles. The van der Waals surface area contributed by atoms with Crippen LogP contribution in [-0.4, -0.2) is 17.1 Å². The summed E-state index contributed by atoms with van der Waals surface area (Å²) >= 11 is 0. The molecule has 3 aromatic rings. The predicted octanol–water partition coefficient (Wildman–Crippen LogP) is 4.02. The van der Waals surface area contributed by atoms with Crippen molar-refractivity contribution in [1.82, 2.24) is 9.97 Å². The van der Waals surface area contributed by atoms with Gasteiger partial charge in [-0.2, -0.15) is 0 Å². The van der Waals surface area contributed by atoms with E-state index in [0.717, 1.165) is 42.2 Å². The standard InChI is InChI=1S/C19H18N2O2/c1-22-15-6-4-5-13(11-15)14-8-9-18-17(12-14)21-19(23-18)16-7-2-3-10-20-16/h2-7,10-11,14H,8-9,12H2,1H3. The number of methoxy groups -OCH3 is 1. The number of hydrogen-bond donors (Lipinski definition) is 0. The average molecular weight is 306 g/mol. The molecular weight excluding hydrogens is 288 g/mol. The first-order valence-corrected chi connectivity index (χ1v) is 7.87. The third-order valence-corrected chi connectivity index (χ3v) is 4.39. The van der Waals surface area contributed by atoms with Crippen LogP contribution in [0.2, 0.25) is 0 Å². The van der Waals surface area contributed by atoms with E-state index in [4.69, 9.17) is 9.15 Å². The average Bonchev–Trinajstić information content (AvgIpc) is 3.06. The molecule has 116 valence electrons. The first-order valence-electron chi connectivity index (χ1n) is 7.87. The summed E-state index contributed by atoms with van der Waals surface area (Å²) in [6.07, 6.45) is 4.64. The number of aryl methyl sites for hydroxylation is 1. The molecule has 4 rings (SSSR count). The van der Waals surface area contributed by atoms with Gasteiger partial charge in [0.1, 0.15) is 17.2 Å². The predicted molar refractivity (Wildman–Crippen MR) is 87.5 cm³/mol. The lowest BCUT2D eigenvalue weighted by Crippen LogP contribution is -2.12. The van der Waals surface area contributed by atoms with Gasteiger partial charge in [0.15, 0.2) is 0 Å². The summed E-state index contributed by atoms with van der Waals surface area (Å²) in [5.74, 6) is 2.99. The number of benzene rings is 1. The van der Waals surface area contributed by atoms with E-state index in [2.05, 4.69) is 22.1 Å². The van der Waals surface area contributed by atoms with Crippen LogP contribution in [0, 0.1) is 0 Å². The van der Waals surface area contributed by atoms with Crippen molar-refractivity contribution in [3.8, 4) is 17.3 Å². The maximum absolute atomic E-state index is 5.92. The lowest BCUT2D eigenvalue weighted by molar-refractivity contribution is 0.412. The molecule has 0 amide bonds. The van der Waals surface area contributed by atoms with Crippen LogP contribution in [-0.2, 0) is 12.8 Å². The highest BCUT2D eigenvalue weighted by atomic mass is 16.5. The molecule has 1 atom stereocenters. The molecule has 1 unspecified atom stereocenters. The van der Waals surface area contributed by atoms with Gasteiger partial charge in [-0.05, 0) is 42.2 Å². The fraction of sp³-hybridized carbons (Fsp3) is 0.263. The Hall–Kier alpha value is -2.62. The second-order valence-electron chi connectivity index (χ2n) is 5.82. The van der Waals surface area contributed by atoms with Gasteiger partial charge >= 0.3 is 0 Å². The van der Waals surface area contributed by atoms with Crippen molar-refractivity contribution >= 4 is 0 Å². The molecule has 0 fully saturated rings. The fourth-order valence-electron chi connectivity index (χ4n) is 3.16. The van der Waals surface area contributed by atoms with Crippen molar-refractivity contribution in [3.63, 3.8) is 0 Å². The first kappa shape index (κ1) is 14.0. The molecule has 0 radical (unpaired) electrons. The Balaban J connectivity index is 1.61. The minimum atomic E-state index is 0.458. The molecule has 0 spiro atoms. The van der Waals surface area contributed by atoms with Crippen LogP contribution >= 0.6 is 0 Å². The minimum absolute atomic E-state index is 0.458. The molecular formula is C19H18N2O2. The molecule has 0 saturated heterocycles. The molecule has 2 aromatic heterocycles. The molecule has 23 heavy (non-hydrogen) atoms. The summed E-state index contributed by atoms with van der Waals surface area (Å²) in [5.41, 5.74) is 3.15. The van der Waals surface area contributed by atoms with E-state index < -0.39 is 0 Å². The van der Waals surface area contributed by atoms with E-state index in [0.29, 0.717) is 11.8 Å². The second kappa shape index (κ2) is 5.88. The lowest BCUT2D eigenvalue weighted by atomic mass is 9.85. The van der Waals surface area contributed by atoms with Crippen LogP contribution in [0.25, 0.3) is 11.6 Å². The van der Waals surface area contributed by atoms with E-state index in [1.54, 1.807) is 13.3 Å². The smallest absolute Gasteiger partial charge is 0.245 e. The van der Waals surface area contributed by atoms with Gasteiger partial charge < -0.3 is 9.15 Å². The molecule has 2 heterocycles. The quantitative estimate of drug-likeness (QED) is 0.733. The largest absolute Gasteiger partial charge is 0.497 e. The van der Waals surface area contributed by atoms with Crippen LogP contribution in [0.15, 0.2) is 53.1 Å². The highest BCUT2D eigenvalue weighted by Gasteiger charge is 2.26. The Bertz CT molecular complexity index is 811. The van der Waals surface area contributed by atoms with Gasteiger partial charge in [0.2, 0.25) is 5.89 Å². The highest BCUT2D eigenvalue weighted by molar-refractivity contribution is 5.47. The number of aromatic nitrogens is 2. The third-order valence-electron chi connectivity index (χ3n) is 4.39. The summed E-state index contributed by atoms with van der Waals surface area (Å²) < 4.78 is 11.3. The first-order chi connectivity index (χ1) is 11.3. The molecule has 0 N–H and O–H groups in total. The number of oxazole rings is 1. The molecule has 4 nitrogen and oxygen atoms in total. The van der Waals surface area contributed by atoms with Crippen molar-refractivity contribution in [2.45, 2.75) is 25.2 Å². The molecule has 0 bridgehead atoms. The summed E-state index contributed by atoms with van der Waals surface area (Å²) in [6.45, 7) is 0. The molecule has 0 saturated carbocycles. The van der Waals surface area contributed by atoms with Crippen LogP contribution < -0.4 is 4.74 Å². The van der Waals surface area contributed by atoms with Gasteiger partial charge in [-0.1, -0.05) is 18.2 Å². The SMILES string of the molecule is COc1cccc(C2CCc3oc(-c4ccccn4)nc3C2)c1. The Morgan fingerprint density at radius 1 is 1.17 bits per heavy atom. The Labute approximate surface area is 135 Å². The number of ether oxygens (including phenoxy) is 1. The zero-order chi connectivity index (χ0) is 15.6. The molecule has 1 aromatic carbocycles. The summed E-state index contributed by atoms with van der Waals surface area (Å²) in [4.78, 5) is 9.00. The van der Waals surface area contributed by atoms with Crippen LogP contribution in [0.1, 0.15) is 29.4 Å². The zero-order valence-electron chi connectivity index (χ0n) is 13.0. The number of fused-ring (bicyclic) bond motifs is 1. The number of rotatable bonds is 3. The third kappa shape index (κ3) is 2.72. The minimum Gasteiger partial charge on any atom is -0.497 e. The number of nitrogens with zero attached hydrogens (tertiary/aromatic N) is 2. The van der Waals surface area contributed by atoms with Crippen LogP contribution in [0.4, 0.5) is 0 Å². The highest BCUT2D eigenvalue weighted by Crippen LogP contribution is 2.35. The molecule has 4 heteroatoms. The van der Waals surface area contributed by atoms with E-state index >= 15 is 0 Å². The van der Waals surface area contributed by atoms with Crippen LogP contribution in [0.5, 0.6) is 5.75 Å². The van der Waals surface area contributed by atoms with Crippen molar-refractivity contribution in [2.24, 2.45) is 0 Å².